The predicted molar refractivity (Wildman–Crippen MR) is 70.1 cm³/mol. The molecule has 1 aromatic heterocycles. The van der Waals surface area contributed by atoms with Crippen LogP contribution in [0.25, 0.3) is 0 Å². The van der Waals surface area contributed by atoms with Gasteiger partial charge in [0, 0.05) is 5.69 Å². The van der Waals surface area contributed by atoms with Crippen LogP contribution in [-0.4, -0.2) is 23.8 Å². The Morgan fingerprint density at radius 1 is 1.47 bits per heavy atom. The summed E-state index contributed by atoms with van der Waals surface area (Å²) in [5.74, 6) is 0.175. The second kappa shape index (κ2) is 5.57. The van der Waals surface area contributed by atoms with E-state index < -0.39 is 11.7 Å². The molecule has 0 atom stereocenters. The van der Waals surface area contributed by atoms with Crippen LogP contribution >= 0.6 is 0 Å². The van der Waals surface area contributed by atoms with Crippen molar-refractivity contribution in [3.8, 4) is 11.9 Å². The van der Waals surface area contributed by atoms with Crippen LogP contribution in [0.4, 0.5) is 10.5 Å². The summed E-state index contributed by atoms with van der Waals surface area (Å²) in [6.07, 6.45) is -0.628. The van der Waals surface area contributed by atoms with E-state index in [0.717, 1.165) is 0 Å². The molecular formula is C13H17N3O3. The topological polar surface area (TPSA) is 84.2 Å². The van der Waals surface area contributed by atoms with Crippen LogP contribution in [0.1, 0.15) is 32.0 Å². The lowest BCUT2D eigenvalue weighted by Gasteiger charge is -2.20. The molecule has 0 aliphatic carbocycles. The normalized spacial score (nSPS) is 10.5. The number of carbonyl (C=O) groups is 1. The fraction of sp³-hybridized carbons (Fsp3) is 0.462. The van der Waals surface area contributed by atoms with E-state index in [2.05, 4.69) is 10.3 Å². The largest absolute Gasteiger partial charge is 0.480 e. The second-order valence-corrected chi connectivity index (χ2v) is 4.93. The summed E-state index contributed by atoms with van der Waals surface area (Å²) in [7, 11) is 1.42. The summed E-state index contributed by atoms with van der Waals surface area (Å²) < 4.78 is 10.1. The van der Waals surface area contributed by atoms with E-state index in [1.807, 2.05) is 6.07 Å². The van der Waals surface area contributed by atoms with Gasteiger partial charge in [-0.2, -0.15) is 5.26 Å². The summed E-state index contributed by atoms with van der Waals surface area (Å²) in [6, 6.07) is 3.54. The number of rotatable bonds is 2. The number of nitrogens with one attached hydrogen (secondary N) is 1. The summed E-state index contributed by atoms with van der Waals surface area (Å²) in [5, 5.41) is 11.6. The summed E-state index contributed by atoms with van der Waals surface area (Å²) in [4.78, 5) is 15.8. The molecule has 0 aliphatic heterocycles. The maximum Gasteiger partial charge on any atom is 0.412 e. The number of amides is 1. The van der Waals surface area contributed by atoms with Gasteiger partial charge >= 0.3 is 6.09 Å². The first-order chi connectivity index (χ1) is 8.76. The number of anilines is 1. The number of aromatic nitrogens is 1. The van der Waals surface area contributed by atoms with Crippen LogP contribution in [0.5, 0.6) is 5.88 Å². The molecule has 0 radical (unpaired) electrons. The average Bonchev–Trinajstić information content (AvgIpc) is 2.25. The molecule has 0 bridgehead atoms. The minimum absolute atomic E-state index is 0.166. The molecule has 1 aromatic rings. The molecule has 102 valence electrons. The predicted octanol–water partition coefficient (Wildman–Crippen LogP) is 2.62. The van der Waals surface area contributed by atoms with Crippen LogP contribution < -0.4 is 10.1 Å². The standard InChI is InChI=1S/C13H17N3O3/c1-8-6-10(9(7-14)11(15-8)18-5)16-12(17)19-13(2,3)4/h6H,1-5H3,(H,15,16,17). The van der Waals surface area contributed by atoms with Gasteiger partial charge in [-0.25, -0.2) is 9.78 Å². The number of aryl methyl sites for hydroxylation is 1. The Hall–Kier alpha value is -2.29. The lowest BCUT2D eigenvalue weighted by molar-refractivity contribution is 0.0636. The van der Waals surface area contributed by atoms with E-state index in [4.69, 9.17) is 14.7 Å². The number of pyridine rings is 1. The number of methoxy groups -OCH3 is 1. The van der Waals surface area contributed by atoms with Gasteiger partial charge in [0.2, 0.25) is 5.88 Å². The average molecular weight is 263 g/mol. The Morgan fingerprint density at radius 2 is 2.11 bits per heavy atom. The summed E-state index contributed by atoms with van der Waals surface area (Å²) in [5.41, 5.74) is 0.505. The maximum atomic E-state index is 11.7. The first-order valence-electron chi connectivity index (χ1n) is 5.72. The summed E-state index contributed by atoms with van der Waals surface area (Å²) in [6.45, 7) is 7.02. The summed E-state index contributed by atoms with van der Waals surface area (Å²) >= 11 is 0. The molecule has 1 N–H and O–H groups in total. The highest BCUT2D eigenvalue weighted by Crippen LogP contribution is 2.25. The Bertz CT molecular complexity index is 527. The van der Waals surface area contributed by atoms with Crippen LogP contribution in [0.15, 0.2) is 6.07 Å². The SMILES string of the molecule is COc1nc(C)cc(NC(=O)OC(C)(C)C)c1C#N. The van der Waals surface area contributed by atoms with Crippen LogP contribution in [0, 0.1) is 18.3 Å². The third-order valence-electron chi connectivity index (χ3n) is 2.06. The molecule has 1 heterocycles. The van der Waals surface area contributed by atoms with Gasteiger partial charge in [0.15, 0.2) is 0 Å². The number of nitriles is 1. The Kier molecular flexibility index (Phi) is 4.33. The zero-order chi connectivity index (χ0) is 14.6. The van der Waals surface area contributed by atoms with Crippen LogP contribution in [-0.2, 0) is 4.74 Å². The number of hydrogen-bond acceptors (Lipinski definition) is 5. The Labute approximate surface area is 112 Å². The van der Waals surface area contributed by atoms with Gasteiger partial charge in [-0.05, 0) is 33.8 Å². The van der Waals surface area contributed by atoms with E-state index in [-0.39, 0.29) is 11.4 Å². The van der Waals surface area contributed by atoms with Gasteiger partial charge in [0.25, 0.3) is 0 Å². The molecule has 19 heavy (non-hydrogen) atoms. The molecule has 0 spiro atoms. The minimum Gasteiger partial charge on any atom is -0.480 e. The van der Waals surface area contributed by atoms with Gasteiger partial charge in [-0.1, -0.05) is 0 Å². The number of carbonyl (C=O) groups excluding carboxylic acids is 1. The maximum absolute atomic E-state index is 11.7. The van der Waals surface area contributed by atoms with Gasteiger partial charge in [-0.3, -0.25) is 5.32 Å². The molecule has 6 heteroatoms. The number of hydrogen-bond donors (Lipinski definition) is 1. The quantitative estimate of drug-likeness (QED) is 0.886. The van der Waals surface area contributed by atoms with Crippen molar-refractivity contribution < 1.29 is 14.3 Å². The second-order valence-electron chi connectivity index (χ2n) is 4.93. The first-order valence-corrected chi connectivity index (χ1v) is 5.72. The first kappa shape index (κ1) is 14.8. The third-order valence-corrected chi connectivity index (χ3v) is 2.06. The lowest BCUT2D eigenvalue weighted by Crippen LogP contribution is -2.27. The van der Waals surface area contributed by atoms with E-state index in [1.54, 1.807) is 33.8 Å². The van der Waals surface area contributed by atoms with Crippen molar-refractivity contribution in [3.05, 3.63) is 17.3 Å². The zero-order valence-electron chi connectivity index (χ0n) is 11.7. The van der Waals surface area contributed by atoms with Gasteiger partial charge < -0.3 is 9.47 Å². The van der Waals surface area contributed by atoms with Crippen molar-refractivity contribution in [3.63, 3.8) is 0 Å². The molecule has 0 fully saturated rings. The van der Waals surface area contributed by atoms with Crippen molar-refractivity contribution in [1.29, 1.82) is 5.26 Å². The van der Waals surface area contributed by atoms with E-state index in [9.17, 15) is 4.79 Å². The smallest absolute Gasteiger partial charge is 0.412 e. The minimum atomic E-state index is -0.628. The lowest BCUT2D eigenvalue weighted by atomic mass is 10.2. The molecule has 6 nitrogen and oxygen atoms in total. The molecule has 1 rings (SSSR count). The Balaban J connectivity index is 3.04. The van der Waals surface area contributed by atoms with Crippen LogP contribution in [0.2, 0.25) is 0 Å². The van der Waals surface area contributed by atoms with Crippen molar-refractivity contribution in [2.24, 2.45) is 0 Å². The fourth-order valence-corrected chi connectivity index (χ4v) is 1.41. The van der Waals surface area contributed by atoms with Crippen molar-refractivity contribution >= 4 is 11.8 Å². The molecule has 0 saturated heterocycles. The third kappa shape index (κ3) is 4.14. The highest BCUT2D eigenvalue weighted by atomic mass is 16.6. The number of ether oxygens (including phenoxy) is 2. The van der Waals surface area contributed by atoms with Gasteiger partial charge in [-0.15, -0.1) is 0 Å². The van der Waals surface area contributed by atoms with Crippen molar-refractivity contribution in [1.82, 2.24) is 4.98 Å². The van der Waals surface area contributed by atoms with Gasteiger partial charge in [0.05, 0.1) is 12.8 Å². The zero-order valence-corrected chi connectivity index (χ0v) is 11.7. The van der Waals surface area contributed by atoms with E-state index >= 15 is 0 Å². The van der Waals surface area contributed by atoms with Crippen molar-refractivity contribution in [2.45, 2.75) is 33.3 Å². The molecule has 0 saturated carbocycles. The van der Waals surface area contributed by atoms with E-state index in [0.29, 0.717) is 11.4 Å². The molecular weight excluding hydrogens is 246 g/mol. The van der Waals surface area contributed by atoms with Crippen LogP contribution in [0.3, 0.4) is 0 Å². The highest BCUT2D eigenvalue weighted by Gasteiger charge is 2.19. The Morgan fingerprint density at radius 3 is 2.58 bits per heavy atom. The van der Waals surface area contributed by atoms with Gasteiger partial charge in [0.1, 0.15) is 17.2 Å². The number of nitrogens with zero attached hydrogens (tertiary/aromatic N) is 2. The molecule has 0 aliphatic rings. The molecule has 0 unspecified atom stereocenters. The molecule has 1 amide bonds. The molecule has 0 aromatic carbocycles. The monoisotopic (exact) mass is 263 g/mol. The highest BCUT2D eigenvalue weighted by molar-refractivity contribution is 5.87. The van der Waals surface area contributed by atoms with E-state index in [1.165, 1.54) is 7.11 Å². The van der Waals surface area contributed by atoms with Crippen molar-refractivity contribution in [2.75, 3.05) is 12.4 Å². The fourth-order valence-electron chi connectivity index (χ4n) is 1.41.